The Balaban J connectivity index is 1.19. The van der Waals surface area contributed by atoms with Crippen molar-refractivity contribution < 1.29 is 0 Å². The predicted octanol–water partition coefficient (Wildman–Crippen LogP) is 15.5. The molecule has 0 fully saturated rings. The van der Waals surface area contributed by atoms with Gasteiger partial charge in [0.15, 0.2) is 0 Å². The first-order chi connectivity index (χ1) is 33.7. The molecule has 14 rings (SSSR count). The number of benzene rings is 10. The molecule has 0 spiro atoms. The minimum atomic E-state index is 0.516. The first-order valence-electron chi connectivity index (χ1n) is 22.8. The molecule has 0 radical (unpaired) electrons. The summed E-state index contributed by atoms with van der Waals surface area (Å²) in [5, 5.41) is 31.2. The number of nitrogens with zero attached hydrogens (tertiary/aromatic N) is 6. The molecule has 0 aliphatic heterocycles. The molecular formula is C62H36N6. The molecule has 10 aromatic carbocycles. The molecule has 0 atom stereocenters. The molecule has 68 heavy (non-hydrogen) atoms. The second kappa shape index (κ2) is 14.4. The minimum Gasteiger partial charge on any atom is -0.309 e. The van der Waals surface area contributed by atoms with Gasteiger partial charge in [0, 0.05) is 60.0 Å². The fourth-order valence-corrected chi connectivity index (χ4v) is 11.3. The molecule has 6 heteroatoms. The van der Waals surface area contributed by atoms with E-state index in [9.17, 15) is 10.5 Å². The number of aromatic nitrogens is 4. The molecule has 0 saturated heterocycles. The topological polar surface area (TPSA) is 67.3 Å². The van der Waals surface area contributed by atoms with Crippen LogP contribution in [0.4, 0.5) is 0 Å². The summed E-state index contributed by atoms with van der Waals surface area (Å²) in [6.45, 7) is 0. The molecule has 6 nitrogen and oxygen atoms in total. The van der Waals surface area contributed by atoms with Gasteiger partial charge in [0.25, 0.3) is 0 Å². The molecule has 0 aliphatic rings. The smallest absolute Gasteiger partial charge is 0.104 e. The van der Waals surface area contributed by atoms with Crippen LogP contribution in [-0.2, 0) is 0 Å². The van der Waals surface area contributed by atoms with E-state index in [0.29, 0.717) is 11.1 Å². The predicted molar refractivity (Wildman–Crippen MR) is 279 cm³/mol. The van der Waals surface area contributed by atoms with Gasteiger partial charge in [0.1, 0.15) is 11.6 Å². The standard InChI is InChI=1S/C62H36N6/c63-37-39-16-15-17-40(36-39)43-30-33-55(67-51-26-11-7-22-44(51)46-31-34-56-58(61(46)67)48-24-9-13-28-53(48)65(56)41-18-3-1-4-19-41)50(38-64)60(43)68-52-27-12-8-23-45(52)47-32-35-57-59(62(47)68)49-25-10-14-29-54(49)66(57)42-20-5-2-6-21-42/h1-36H. The van der Waals surface area contributed by atoms with Crippen LogP contribution < -0.4 is 0 Å². The van der Waals surface area contributed by atoms with Crippen molar-refractivity contribution in [3.05, 3.63) is 230 Å². The molecule has 314 valence electrons. The SMILES string of the molecule is N#Cc1cccc(-c2ccc(-n3c4ccccc4c4ccc5c(c6ccccc6n5-c5ccccc5)c43)c(C#N)c2-n2c3ccccc3c3ccc4c(c5ccccc5n4-c4ccccc4)c32)c1. The van der Waals surface area contributed by atoms with Crippen LogP contribution in [0, 0.1) is 22.7 Å². The van der Waals surface area contributed by atoms with Crippen LogP contribution >= 0.6 is 0 Å². The Morgan fingerprint density at radius 2 is 0.794 bits per heavy atom. The fraction of sp³-hybridized carbons (Fsp3) is 0. The number of para-hydroxylation sites is 6. The quantitative estimate of drug-likeness (QED) is 0.173. The third-order valence-electron chi connectivity index (χ3n) is 14.0. The highest BCUT2D eigenvalue weighted by atomic mass is 15.0. The minimum absolute atomic E-state index is 0.516. The van der Waals surface area contributed by atoms with Gasteiger partial charge in [0.05, 0.1) is 67.1 Å². The van der Waals surface area contributed by atoms with Crippen molar-refractivity contribution in [1.29, 1.82) is 10.5 Å². The van der Waals surface area contributed by atoms with Gasteiger partial charge in [-0.15, -0.1) is 0 Å². The van der Waals surface area contributed by atoms with Crippen molar-refractivity contribution in [2.24, 2.45) is 0 Å². The van der Waals surface area contributed by atoms with Gasteiger partial charge in [-0.25, -0.2) is 0 Å². The monoisotopic (exact) mass is 864 g/mol. The Labute approximate surface area is 389 Å². The molecule has 0 N–H and O–H groups in total. The number of rotatable bonds is 5. The zero-order chi connectivity index (χ0) is 45.0. The Bertz CT molecular complexity index is 4510. The van der Waals surface area contributed by atoms with Gasteiger partial charge in [-0.1, -0.05) is 140 Å². The van der Waals surface area contributed by atoms with Gasteiger partial charge in [-0.2, -0.15) is 10.5 Å². The summed E-state index contributed by atoms with van der Waals surface area (Å²) in [6.07, 6.45) is 0. The van der Waals surface area contributed by atoms with Crippen LogP contribution in [0.2, 0.25) is 0 Å². The molecule has 0 aliphatic carbocycles. The summed E-state index contributed by atoms with van der Waals surface area (Å²) in [5.74, 6) is 0. The van der Waals surface area contributed by atoms with E-state index < -0.39 is 0 Å². The van der Waals surface area contributed by atoms with E-state index in [1.54, 1.807) is 0 Å². The summed E-state index contributed by atoms with van der Waals surface area (Å²) in [4.78, 5) is 0. The van der Waals surface area contributed by atoms with Crippen molar-refractivity contribution >= 4 is 87.2 Å². The molecule has 4 heterocycles. The Hall–Kier alpha value is -9.62. The Kier molecular flexibility index (Phi) is 8.01. The normalized spacial score (nSPS) is 11.8. The van der Waals surface area contributed by atoms with Crippen LogP contribution in [0.3, 0.4) is 0 Å². The van der Waals surface area contributed by atoms with Gasteiger partial charge in [0.2, 0.25) is 0 Å². The molecule has 4 aromatic heterocycles. The van der Waals surface area contributed by atoms with E-state index in [1.165, 1.54) is 0 Å². The molecule has 0 amide bonds. The summed E-state index contributed by atoms with van der Waals surface area (Å²) < 4.78 is 9.37. The summed E-state index contributed by atoms with van der Waals surface area (Å²) >= 11 is 0. The Morgan fingerprint density at radius 1 is 0.324 bits per heavy atom. The average Bonchev–Trinajstić information content (AvgIpc) is 4.13. The van der Waals surface area contributed by atoms with Crippen molar-refractivity contribution in [3.8, 4) is 46.0 Å². The van der Waals surface area contributed by atoms with Crippen LogP contribution in [0.5, 0.6) is 0 Å². The number of fused-ring (bicyclic) bond motifs is 14. The second-order valence-electron chi connectivity index (χ2n) is 17.5. The Morgan fingerprint density at radius 3 is 1.32 bits per heavy atom. The number of hydrogen-bond acceptors (Lipinski definition) is 2. The first kappa shape index (κ1) is 37.7. The molecule has 0 unspecified atom stereocenters. The van der Waals surface area contributed by atoms with Gasteiger partial charge in [-0.3, -0.25) is 0 Å². The lowest BCUT2D eigenvalue weighted by Gasteiger charge is -2.20. The van der Waals surface area contributed by atoms with Crippen molar-refractivity contribution in [3.63, 3.8) is 0 Å². The zero-order valence-electron chi connectivity index (χ0n) is 36.5. The average molecular weight is 865 g/mol. The van der Waals surface area contributed by atoms with Crippen molar-refractivity contribution in [2.75, 3.05) is 0 Å². The van der Waals surface area contributed by atoms with Crippen molar-refractivity contribution in [1.82, 2.24) is 18.3 Å². The number of hydrogen-bond donors (Lipinski definition) is 0. The van der Waals surface area contributed by atoms with Crippen LogP contribution in [0.15, 0.2) is 218 Å². The van der Waals surface area contributed by atoms with Crippen LogP contribution in [0.1, 0.15) is 11.1 Å². The van der Waals surface area contributed by atoms with E-state index >= 15 is 0 Å². The van der Waals surface area contributed by atoms with E-state index in [2.05, 4.69) is 225 Å². The maximum absolute atomic E-state index is 12.1. The lowest BCUT2D eigenvalue weighted by atomic mass is 9.96. The van der Waals surface area contributed by atoms with Crippen LogP contribution in [0.25, 0.3) is 121 Å². The highest BCUT2D eigenvalue weighted by molar-refractivity contribution is 6.28. The summed E-state index contributed by atoms with van der Waals surface area (Å²) in [6, 6.07) is 81.7. The highest BCUT2D eigenvalue weighted by Gasteiger charge is 2.28. The molecule has 14 aromatic rings. The molecule has 0 bridgehead atoms. The zero-order valence-corrected chi connectivity index (χ0v) is 36.5. The first-order valence-corrected chi connectivity index (χ1v) is 22.8. The lowest BCUT2D eigenvalue weighted by Crippen LogP contribution is -2.07. The van der Waals surface area contributed by atoms with E-state index in [1.807, 2.05) is 24.3 Å². The van der Waals surface area contributed by atoms with E-state index in [4.69, 9.17) is 0 Å². The highest BCUT2D eigenvalue weighted by Crippen LogP contribution is 2.47. The largest absolute Gasteiger partial charge is 0.309 e. The third-order valence-corrected chi connectivity index (χ3v) is 14.0. The summed E-state index contributed by atoms with van der Waals surface area (Å²) in [5.41, 5.74) is 14.8. The van der Waals surface area contributed by atoms with Gasteiger partial charge >= 0.3 is 0 Å². The molecular weight excluding hydrogens is 829 g/mol. The fourth-order valence-electron chi connectivity index (χ4n) is 11.3. The van der Waals surface area contributed by atoms with Crippen molar-refractivity contribution in [2.45, 2.75) is 0 Å². The maximum atomic E-state index is 12.1. The maximum Gasteiger partial charge on any atom is 0.104 e. The van der Waals surface area contributed by atoms with E-state index in [-0.39, 0.29) is 0 Å². The lowest BCUT2D eigenvalue weighted by molar-refractivity contribution is 1.12. The van der Waals surface area contributed by atoms with Crippen LogP contribution in [-0.4, -0.2) is 18.3 Å². The third kappa shape index (κ3) is 5.14. The number of nitriles is 2. The second-order valence-corrected chi connectivity index (χ2v) is 17.5. The molecule has 0 saturated carbocycles. The van der Waals surface area contributed by atoms with Gasteiger partial charge in [-0.05, 0) is 84.4 Å². The van der Waals surface area contributed by atoms with E-state index in [0.717, 1.165) is 121 Å². The van der Waals surface area contributed by atoms with Gasteiger partial charge < -0.3 is 18.3 Å². The summed E-state index contributed by atoms with van der Waals surface area (Å²) in [7, 11) is 0.